The number of esters is 1. The summed E-state index contributed by atoms with van der Waals surface area (Å²) in [5.41, 5.74) is 2.12. The zero-order chi connectivity index (χ0) is 30.1. The quantitative estimate of drug-likeness (QED) is 0.221. The fourth-order valence-corrected chi connectivity index (χ4v) is 8.75. The molecule has 2 aliphatic heterocycles. The molecule has 8 nitrogen and oxygen atoms in total. The molecule has 8 heteroatoms. The molecule has 3 saturated carbocycles. The lowest BCUT2D eigenvalue weighted by molar-refractivity contribution is -0.124. The van der Waals surface area contributed by atoms with Crippen molar-refractivity contribution in [2.75, 3.05) is 9.80 Å². The van der Waals surface area contributed by atoms with Gasteiger partial charge in [0.15, 0.2) is 0 Å². The molecule has 44 heavy (non-hydrogen) atoms. The van der Waals surface area contributed by atoms with Gasteiger partial charge in [0.1, 0.15) is 5.75 Å². The average molecular weight is 589 g/mol. The minimum atomic E-state index is -0.668. The van der Waals surface area contributed by atoms with Crippen LogP contribution in [0.25, 0.3) is 0 Å². The summed E-state index contributed by atoms with van der Waals surface area (Å²) in [6.07, 6.45) is 5.08. The zero-order valence-electron chi connectivity index (χ0n) is 24.1. The van der Waals surface area contributed by atoms with E-state index in [9.17, 15) is 24.0 Å². The van der Waals surface area contributed by atoms with E-state index < -0.39 is 5.97 Å². The second-order valence-electron chi connectivity index (χ2n) is 13.0. The van der Waals surface area contributed by atoms with Gasteiger partial charge in [-0.05, 0) is 92.2 Å². The second-order valence-corrected chi connectivity index (χ2v) is 13.0. The number of rotatable bonds is 5. The van der Waals surface area contributed by atoms with Crippen LogP contribution in [0.1, 0.15) is 60.4 Å². The predicted octanol–water partition coefficient (Wildman–Crippen LogP) is 5.51. The number of carbonyl (C=O) groups is 5. The zero-order valence-corrected chi connectivity index (χ0v) is 24.1. The highest BCUT2D eigenvalue weighted by molar-refractivity contribution is 6.23. The van der Waals surface area contributed by atoms with Gasteiger partial charge in [0.2, 0.25) is 23.6 Å². The Kier molecular flexibility index (Phi) is 6.29. The molecule has 3 aromatic carbocycles. The van der Waals surface area contributed by atoms with Gasteiger partial charge in [-0.15, -0.1) is 0 Å². The number of amides is 4. The number of imide groups is 2. The number of ether oxygens (including phenoxy) is 1. The Hall–Kier alpha value is -4.59. The molecule has 0 N–H and O–H groups in total. The molecule has 2 heterocycles. The van der Waals surface area contributed by atoms with Gasteiger partial charge in [0.25, 0.3) is 0 Å². The number of anilines is 2. The third-order valence-corrected chi connectivity index (χ3v) is 10.8. The minimum Gasteiger partial charge on any atom is -0.423 e. The first kappa shape index (κ1) is 27.0. The molecule has 8 rings (SSSR count). The molecule has 0 radical (unpaired) electrons. The summed E-state index contributed by atoms with van der Waals surface area (Å²) in [6, 6.07) is 23.0. The van der Waals surface area contributed by atoms with E-state index >= 15 is 0 Å². The Balaban J connectivity index is 0.989. The number of nitrogens with zero attached hydrogens (tertiary/aromatic N) is 2. The van der Waals surface area contributed by atoms with E-state index in [2.05, 4.69) is 12.1 Å². The maximum absolute atomic E-state index is 13.6. The molecular weight excluding hydrogens is 556 g/mol. The summed E-state index contributed by atoms with van der Waals surface area (Å²) >= 11 is 0. The van der Waals surface area contributed by atoms with Gasteiger partial charge in [-0.25, -0.2) is 9.69 Å². The molecule has 3 aromatic rings. The Morgan fingerprint density at radius 1 is 0.614 bits per heavy atom. The van der Waals surface area contributed by atoms with E-state index in [1.54, 1.807) is 42.5 Å². The molecule has 2 bridgehead atoms. The summed E-state index contributed by atoms with van der Waals surface area (Å²) in [5, 5.41) is 0. The van der Waals surface area contributed by atoms with E-state index in [0.717, 1.165) is 25.7 Å². The molecular formula is C36H32N2O6. The number of fused-ring (bicyclic) bond motifs is 6. The predicted molar refractivity (Wildman–Crippen MR) is 161 cm³/mol. The molecule has 4 amide bonds. The van der Waals surface area contributed by atoms with Crippen molar-refractivity contribution in [3.8, 4) is 5.75 Å². The lowest BCUT2D eigenvalue weighted by atomic mass is 9.73. The molecule has 5 aliphatic rings. The Morgan fingerprint density at radius 3 is 1.98 bits per heavy atom. The topological polar surface area (TPSA) is 101 Å². The summed E-state index contributed by atoms with van der Waals surface area (Å²) in [6.45, 7) is 0. The van der Waals surface area contributed by atoms with Crippen molar-refractivity contribution < 1.29 is 28.7 Å². The highest BCUT2D eigenvalue weighted by Gasteiger charge is 2.61. The van der Waals surface area contributed by atoms with Crippen LogP contribution in [0.5, 0.6) is 5.75 Å². The number of hydrogen-bond acceptors (Lipinski definition) is 6. The molecule has 7 atom stereocenters. The third-order valence-electron chi connectivity index (χ3n) is 10.8. The van der Waals surface area contributed by atoms with E-state index in [1.165, 1.54) is 21.4 Å². The van der Waals surface area contributed by atoms with Crippen LogP contribution < -0.4 is 14.5 Å². The minimum absolute atomic E-state index is 0.154. The van der Waals surface area contributed by atoms with Gasteiger partial charge in [0, 0.05) is 6.07 Å². The Morgan fingerprint density at radius 2 is 1.25 bits per heavy atom. The van der Waals surface area contributed by atoms with Gasteiger partial charge in [-0.1, -0.05) is 42.5 Å². The largest absolute Gasteiger partial charge is 0.423 e. The van der Waals surface area contributed by atoms with Gasteiger partial charge < -0.3 is 4.74 Å². The summed E-state index contributed by atoms with van der Waals surface area (Å²) < 4.78 is 5.67. The van der Waals surface area contributed by atoms with E-state index in [-0.39, 0.29) is 76.4 Å². The first-order valence-electron chi connectivity index (χ1n) is 15.6. The van der Waals surface area contributed by atoms with Crippen LogP contribution in [-0.2, 0) is 19.2 Å². The summed E-state index contributed by atoms with van der Waals surface area (Å²) in [5.74, 6) is -1.64. The molecule has 222 valence electrons. The maximum Gasteiger partial charge on any atom is 0.343 e. The first-order valence-corrected chi connectivity index (χ1v) is 15.6. The van der Waals surface area contributed by atoms with Crippen LogP contribution in [-0.4, -0.2) is 29.6 Å². The number of benzene rings is 3. The molecule has 2 saturated heterocycles. The second kappa shape index (κ2) is 10.3. The molecule has 3 aliphatic carbocycles. The highest BCUT2D eigenvalue weighted by Crippen LogP contribution is 2.56. The van der Waals surface area contributed by atoms with Crippen LogP contribution >= 0.6 is 0 Å². The smallest absolute Gasteiger partial charge is 0.343 e. The monoisotopic (exact) mass is 588 g/mol. The summed E-state index contributed by atoms with van der Waals surface area (Å²) in [7, 11) is 0. The van der Waals surface area contributed by atoms with E-state index in [1.807, 2.05) is 18.2 Å². The van der Waals surface area contributed by atoms with Crippen molar-refractivity contribution in [3.63, 3.8) is 0 Å². The van der Waals surface area contributed by atoms with Crippen molar-refractivity contribution in [2.45, 2.75) is 44.4 Å². The van der Waals surface area contributed by atoms with Crippen molar-refractivity contribution in [3.05, 3.63) is 90.0 Å². The molecule has 5 fully saturated rings. The van der Waals surface area contributed by atoms with Gasteiger partial charge >= 0.3 is 5.97 Å². The first-order chi connectivity index (χ1) is 21.4. The average Bonchev–Trinajstić information content (AvgIpc) is 3.79. The Bertz CT molecular complexity index is 1690. The number of hydrogen-bond donors (Lipinski definition) is 0. The highest BCUT2D eigenvalue weighted by atomic mass is 16.5. The van der Waals surface area contributed by atoms with Gasteiger partial charge in [-0.3, -0.25) is 24.1 Å². The van der Waals surface area contributed by atoms with Crippen LogP contribution in [0.15, 0.2) is 78.9 Å². The molecule has 0 aromatic heterocycles. The number of carbonyl (C=O) groups excluding carboxylic acids is 5. The van der Waals surface area contributed by atoms with Crippen LogP contribution in [0, 0.1) is 35.5 Å². The molecule has 0 spiro atoms. The fourth-order valence-electron chi connectivity index (χ4n) is 8.75. The normalized spacial score (nSPS) is 30.6. The van der Waals surface area contributed by atoms with Gasteiger partial charge in [0.05, 0.1) is 40.6 Å². The third kappa shape index (κ3) is 4.14. The molecule has 0 unspecified atom stereocenters. The van der Waals surface area contributed by atoms with E-state index in [0.29, 0.717) is 24.2 Å². The van der Waals surface area contributed by atoms with Gasteiger partial charge in [-0.2, -0.15) is 0 Å². The van der Waals surface area contributed by atoms with Crippen LogP contribution in [0.3, 0.4) is 0 Å². The van der Waals surface area contributed by atoms with Crippen molar-refractivity contribution in [1.29, 1.82) is 0 Å². The maximum atomic E-state index is 13.6. The SMILES string of the molecule is O=C(Oc1cccc(N2C(=O)[C@@H]3[C@@H]4CC[C@@H](C4)[C@@H]3C2=O)c1)c1cccc(N2C(=O)[C@@H]3CC[C@@H](c4ccccc4)C[C@H]3C2=O)c1. The fraction of sp³-hybridized carbons (Fsp3) is 0.361. The summed E-state index contributed by atoms with van der Waals surface area (Å²) in [4.78, 5) is 69.3. The standard InChI is InChI=1S/C36H32N2O6/c39-32-28-15-14-21(20-6-2-1-3-7-20)18-29(28)33(40)37(32)25-9-4-8-24(17-25)36(43)44-27-11-5-10-26(19-27)38-34(41)30-22-12-13-23(16-22)31(30)35(38)42/h1-11,17,19,21-23,28-31H,12-16,18H2/t21-,22-,23+,28-,29-,30-,31+/m1/s1. The van der Waals surface area contributed by atoms with Crippen molar-refractivity contribution in [1.82, 2.24) is 0 Å². The Labute approximate surface area is 255 Å². The van der Waals surface area contributed by atoms with Crippen molar-refractivity contribution in [2.24, 2.45) is 35.5 Å². The van der Waals surface area contributed by atoms with Crippen LogP contribution in [0.4, 0.5) is 11.4 Å². The van der Waals surface area contributed by atoms with E-state index in [4.69, 9.17) is 4.74 Å². The lowest BCUT2D eigenvalue weighted by Gasteiger charge is -2.28. The lowest BCUT2D eigenvalue weighted by Crippen LogP contribution is -2.32. The van der Waals surface area contributed by atoms with Crippen molar-refractivity contribution >= 4 is 41.0 Å². The van der Waals surface area contributed by atoms with Crippen LogP contribution in [0.2, 0.25) is 0 Å².